The van der Waals surface area contributed by atoms with Crippen LogP contribution in [0.25, 0.3) is 21.1 Å². The number of thiophene rings is 1. The number of nitrogens with one attached hydrogen (secondary N) is 2. The molecule has 0 radical (unpaired) electrons. The number of rotatable bonds is 5. The number of carbonyl (C=O) groups excluding carboxylic acids is 2. The highest BCUT2D eigenvalue weighted by atomic mass is 32.1. The van der Waals surface area contributed by atoms with Crippen LogP contribution >= 0.6 is 34.0 Å². The summed E-state index contributed by atoms with van der Waals surface area (Å²) in [6.07, 6.45) is 0.0951. The molecule has 3 aromatic heterocycles. The summed E-state index contributed by atoms with van der Waals surface area (Å²) < 4.78 is 0. The molecule has 0 fully saturated rings. The van der Waals surface area contributed by atoms with E-state index in [0.717, 1.165) is 21.1 Å². The van der Waals surface area contributed by atoms with Crippen LogP contribution in [-0.2, 0) is 11.2 Å². The van der Waals surface area contributed by atoms with Gasteiger partial charge in [-0.25, -0.2) is 9.97 Å². The lowest BCUT2D eigenvalue weighted by atomic mass is 10.2. The number of amides is 2. The second-order valence-corrected chi connectivity index (χ2v) is 8.77. The standard InChI is InChI=1S/C20H16N4O2S3/c1-12-17(29-20(21-12)13-5-3-2-4-6-13)18(26)24-23-16(25)9-15-11-28-19(22-15)14-7-8-27-10-14/h2-8,10-11H,9H2,1H3,(H,23,25)(H,24,26). The third kappa shape index (κ3) is 4.58. The Balaban J connectivity index is 1.35. The SMILES string of the molecule is Cc1nc(-c2ccccc2)sc1C(=O)NNC(=O)Cc1csc(-c2ccsc2)n1. The van der Waals surface area contributed by atoms with Crippen molar-refractivity contribution in [3.05, 3.63) is 68.8 Å². The van der Waals surface area contributed by atoms with Crippen molar-refractivity contribution >= 4 is 45.8 Å². The second kappa shape index (κ2) is 8.64. The van der Waals surface area contributed by atoms with E-state index in [1.807, 2.05) is 52.5 Å². The number of hydrazine groups is 1. The van der Waals surface area contributed by atoms with Gasteiger partial charge in [0, 0.05) is 21.9 Å². The lowest BCUT2D eigenvalue weighted by Crippen LogP contribution is -2.42. The van der Waals surface area contributed by atoms with Crippen LogP contribution in [0.15, 0.2) is 52.5 Å². The van der Waals surface area contributed by atoms with E-state index in [0.29, 0.717) is 16.3 Å². The fraction of sp³-hybridized carbons (Fsp3) is 0.100. The van der Waals surface area contributed by atoms with Gasteiger partial charge in [0.2, 0.25) is 5.91 Å². The van der Waals surface area contributed by atoms with Gasteiger partial charge in [0.15, 0.2) is 0 Å². The summed E-state index contributed by atoms with van der Waals surface area (Å²) in [4.78, 5) is 34.0. The van der Waals surface area contributed by atoms with E-state index < -0.39 is 0 Å². The number of nitrogens with zero attached hydrogens (tertiary/aromatic N) is 2. The average molecular weight is 441 g/mol. The van der Waals surface area contributed by atoms with Crippen molar-refractivity contribution in [2.45, 2.75) is 13.3 Å². The molecule has 0 unspecified atom stereocenters. The number of aromatic nitrogens is 2. The Hall–Kier alpha value is -2.88. The van der Waals surface area contributed by atoms with Gasteiger partial charge in [-0.1, -0.05) is 30.3 Å². The summed E-state index contributed by atoms with van der Waals surface area (Å²) in [6.45, 7) is 1.78. The molecule has 3 heterocycles. The van der Waals surface area contributed by atoms with Crippen molar-refractivity contribution in [3.63, 3.8) is 0 Å². The Morgan fingerprint density at radius 1 is 0.966 bits per heavy atom. The van der Waals surface area contributed by atoms with Crippen LogP contribution in [0.3, 0.4) is 0 Å². The lowest BCUT2D eigenvalue weighted by Gasteiger charge is -2.05. The fourth-order valence-corrected chi connectivity index (χ4v) is 5.11. The Labute approximate surface area is 179 Å². The highest BCUT2D eigenvalue weighted by Gasteiger charge is 2.17. The average Bonchev–Trinajstić information content (AvgIpc) is 3.47. The summed E-state index contributed by atoms with van der Waals surface area (Å²) >= 11 is 4.39. The summed E-state index contributed by atoms with van der Waals surface area (Å²) in [5, 5.41) is 7.51. The van der Waals surface area contributed by atoms with Gasteiger partial charge < -0.3 is 0 Å². The van der Waals surface area contributed by atoms with E-state index in [-0.39, 0.29) is 18.2 Å². The smallest absolute Gasteiger partial charge is 0.273 e. The molecule has 9 heteroatoms. The highest BCUT2D eigenvalue weighted by Crippen LogP contribution is 2.28. The predicted molar refractivity (Wildman–Crippen MR) is 117 cm³/mol. The van der Waals surface area contributed by atoms with E-state index in [1.165, 1.54) is 22.7 Å². The van der Waals surface area contributed by atoms with Gasteiger partial charge in [0.25, 0.3) is 5.91 Å². The maximum atomic E-state index is 12.5. The Bertz CT molecular complexity index is 1130. The number of hydrogen-bond donors (Lipinski definition) is 2. The molecule has 0 saturated heterocycles. The minimum Gasteiger partial charge on any atom is -0.273 e. The minimum absolute atomic E-state index is 0.0951. The number of thiazole rings is 2. The summed E-state index contributed by atoms with van der Waals surface area (Å²) in [6, 6.07) is 11.7. The van der Waals surface area contributed by atoms with Crippen LogP contribution < -0.4 is 10.9 Å². The van der Waals surface area contributed by atoms with Gasteiger partial charge in [-0.3, -0.25) is 20.4 Å². The van der Waals surface area contributed by atoms with Crippen LogP contribution in [0.5, 0.6) is 0 Å². The number of benzene rings is 1. The van der Waals surface area contributed by atoms with Crippen LogP contribution in [0.4, 0.5) is 0 Å². The molecule has 0 aliphatic rings. The molecule has 4 aromatic rings. The third-order valence-corrected chi connectivity index (χ3v) is 6.83. The van der Waals surface area contributed by atoms with Crippen molar-refractivity contribution in [2.24, 2.45) is 0 Å². The van der Waals surface area contributed by atoms with Gasteiger partial charge in [-0.05, 0) is 18.4 Å². The molecule has 0 spiro atoms. The van der Waals surface area contributed by atoms with Gasteiger partial charge in [0.05, 0.1) is 17.8 Å². The van der Waals surface area contributed by atoms with Crippen molar-refractivity contribution in [1.82, 2.24) is 20.8 Å². The van der Waals surface area contributed by atoms with E-state index >= 15 is 0 Å². The Kier molecular flexibility index (Phi) is 5.79. The van der Waals surface area contributed by atoms with Gasteiger partial charge in [-0.15, -0.1) is 22.7 Å². The van der Waals surface area contributed by atoms with Crippen LogP contribution in [-0.4, -0.2) is 21.8 Å². The fourth-order valence-electron chi connectivity index (χ4n) is 2.61. The van der Waals surface area contributed by atoms with E-state index in [4.69, 9.17) is 0 Å². The minimum atomic E-state index is -0.382. The molecular formula is C20H16N4O2S3. The molecule has 2 amide bonds. The second-order valence-electron chi connectivity index (χ2n) is 6.13. The molecule has 146 valence electrons. The van der Waals surface area contributed by atoms with Crippen molar-refractivity contribution in [3.8, 4) is 21.1 Å². The van der Waals surface area contributed by atoms with Gasteiger partial charge >= 0.3 is 0 Å². The van der Waals surface area contributed by atoms with Crippen LogP contribution in [0, 0.1) is 6.92 Å². The Morgan fingerprint density at radius 2 is 1.79 bits per heavy atom. The molecule has 2 N–H and O–H groups in total. The molecule has 29 heavy (non-hydrogen) atoms. The van der Waals surface area contributed by atoms with Gasteiger partial charge in [-0.2, -0.15) is 11.3 Å². The van der Waals surface area contributed by atoms with Crippen molar-refractivity contribution in [1.29, 1.82) is 0 Å². The Morgan fingerprint density at radius 3 is 2.55 bits per heavy atom. The van der Waals surface area contributed by atoms with Crippen molar-refractivity contribution in [2.75, 3.05) is 0 Å². The molecule has 4 rings (SSSR count). The lowest BCUT2D eigenvalue weighted by molar-refractivity contribution is -0.121. The molecule has 0 atom stereocenters. The van der Waals surface area contributed by atoms with E-state index in [9.17, 15) is 9.59 Å². The van der Waals surface area contributed by atoms with Crippen LogP contribution in [0.2, 0.25) is 0 Å². The van der Waals surface area contributed by atoms with Crippen molar-refractivity contribution < 1.29 is 9.59 Å². The van der Waals surface area contributed by atoms with E-state index in [1.54, 1.807) is 18.3 Å². The molecule has 1 aromatic carbocycles. The monoisotopic (exact) mass is 440 g/mol. The molecule has 0 bridgehead atoms. The number of hydrogen-bond acceptors (Lipinski definition) is 7. The maximum absolute atomic E-state index is 12.5. The van der Waals surface area contributed by atoms with E-state index in [2.05, 4.69) is 20.8 Å². The summed E-state index contributed by atoms with van der Waals surface area (Å²) in [5.74, 6) is -0.709. The first-order valence-electron chi connectivity index (χ1n) is 8.69. The molecule has 0 aliphatic carbocycles. The normalized spacial score (nSPS) is 10.7. The molecule has 6 nitrogen and oxygen atoms in total. The number of aryl methyl sites for hydroxylation is 1. The quantitative estimate of drug-likeness (QED) is 0.453. The molecular weight excluding hydrogens is 424 g/mol. The largest absolute Gasteiger partial charge is 0.281 e. The first-order chi connectivity index (χ1) is 14.1. The third-order valence-electron chi connectivity index (χ3n) is 4.00. The van der Waals surface area contributed by atoms with Gasteiger partial charge in [0.1, 0.15) is 14.9 Å². The summed E-state index contributed by atoms with van der Waals surface area (Å²) in [7, 11) is 0. The zero-order valence-electron chi connectivity index (χ0n) is 15.3. The highest BCUT2D eigenvalue weighted by molar-refractivity contribution is 7.17. The zero-order valence-corrected chi connectivity index (χ0v) is 17.8. The van der Waals surface area contributed by atoms with Crippen LogP contribution in [0.1, 0.15) is 21.1 Å². The topological polar surface area (TPSA) is 84.0 Å². The first kappa shape index (κ1) is 19.4. The molecule has 0 aliphatic heterocycles. The summed E-state index contributed by atoms with van der Waals surface area (Å²) in [5.41, 5.74) is 8.22. The zero-order chi connectivity index (χ0) is 20.2. The molecule has 0 saturated carbocycles. The maximum Gasteiger partial charge on any atom is 0.281 e. The first-order valence-corrected chi connectivity index (χ1v) is 11.3. The predicted octanol–water partition coefficient (Wildman–Crippen LogP) is 4.31. The number of carbonyl (C=O) groups is 2.